The lowest BCUT2D eigenvalue weighted by Gasteiger charge is -2.39. The molecule has 0 aromatic carbocycles. The van der Waals surface area contributed by atoms with Crippen molar-refractivity contribution in [2.45, 2.75) is 32.7 Å². The summed E-state index contributed by atoms with van der Waals surface area (Å²) in [5, 5.41) is 3.38. The molecular formula is C11H22N2O2. The largest absolute Gasteiger partial charge is 0.372 e. The van der Waals surface area contributed by atoms with Crippen LogP contribution in [0.4, 0.5) is 0 Å². The number of piperazine rings is 1. The number of nitrogens with zero attached hydrogens (tertiary/aromatic N) is 1. The summed E-state index contributed by atoms with van der Waals surface area (Å²) in [6.07, 6.45) is 0.959. The van der Waals surface area contributed by atoms with Crippen LogP contribution >= 0.6 is 0 Å². The standard InChI is InChI=1S/C11H22N2O2/c1-4-7-15-8-10(14)13-6-5-12-11(2,3)9-13/h12H,4-9H2,1-3H3. The number of rotatable bonds is 4. The molecule has 4 nitrogen and oxygen atoms in total. The summed E-state index contributed by atoms with van der Waals surface area (Å²) < 4.78 is 5.25. The van der Waals surface area contributed by atoms with Gasteiger partial charge >= 0.3 is 0 Å². The van der Waals surface area contributed by atoms with Crippen molar-refractivity contribution in [2.75, 3.05) is 32.8 Å². The minimum Gasteiger partial charge on any atom is -0.372 e. The SMILES string of the molecule is CCCOCC(=O)N1CCNC(C)(C)C1. The van der Waals surface area contributed by atoms with Gasteiger partial charge in [0, 0.05) is 31.8 Å². The summed E-state index contributed by atoms with van der Waals surface area (Å²) in [5.41, 5.74) is 0.0265. The number of ether oxygens (including phenoxy) is 1. The zero-order valence-corrected chi connectivity index (χ0v) is 10.0. The van der Waals surface area contributed by atoms with E-state index in [4.69, 9.17) is 4.74 Å². The van der Waals surface area contributed by atoms with E-state index in [0.717, 1.165) is 26.1 Å². The van der Waals surface area contributed by atoms with Crippen LogP contribution in [0.15, 0.2) is 0 Å². The molecule has 1 rings (SSSR count). The molecule has 0 spiro atoms. The lowest BCUT2D eigenvalue weighted by atomic mass is 10.0. The summed E-state index contributed by atoms with van der Waals surface area (Å²) in [4.78, 5) is 13.6. The van der Waals surface area contributed by atoms with Crippen LogP contribution in [0.1, 0.15) is 27.2 Å². The van der Waals surface area contributed by atoms with E-state index in [0.29, 0.717) is 6.61 Å². The van der Waals surface area contributed by atoms with E-state index >= 15 is 0 Å². The molecule has 0 aliphatic carbocycles. The lowest BCUT2D eigenvalue weighted by molar-refractivity contribution is -0.138. The highest BCUT2D eigenvalue weighted by Crippen LogP contribution is 2.10. The molecule has 0 radical (unpaired) electrons. The van der Waals surface area contributed by atoms with Crippen LogP contribution in [-0.2, 0) is 9.53 Å². The molecule has 1 N–H and O–H groups in total. The summed E-state index contributed by atoms with van der Waals surface area (Å²) in [6, 6.07) is 0. The van der Waals surface area contributed by atoms with Crippen LogP contribution in [0.3, 0.4) is 0 Å². The van der Waals surface area contributed by atoms with Crippen molar-refractivity contribution in [3.63, 3.8) is 0 Å². The van der Waals surface area contributed by atoms with Crippen LogP contribution < -0.4 is 5.32 Å². The fraction of sp³-hybridized carbons (Fsp3) is 0.909. The molecule has 0 saturated carbocycles. The minimum atomic E-state index is 0.0265. The highest BCUT2D eigenvalue weighted by atomic mass is 16.5. The first kappa shape index (κ1) is 12.5. The van der Waals surface area contributed by atoms with Crippen LogP contribution in [-0.4, -0.2) is 49.2 Å². The molecule has 15 heavy (non-hydrogen) atoms. The Kier molecular flexibility index (Phi) is 4.54. The van der Waals surface area contributed by atoms with Crippen molar-refractivity contribution in [3.05, 3.63) is 0 Å². The molecule has 88 valence electrons. The normalized spacial score (nSPS) is 20.3. The second-order valence-corrected chi connectivity index (χ2v) is 4.68. The zero-order valence-electron chi connectivity index (χ0n) is 10.0. The number of nitrogens with one attached hydrogen (secondary N) is 1. The van der Waals surface area contributed by atoms with Crippen LogP contribution in [0.25, 0.3) is 0 Å². The topological polar surface area (TPSA) is 41.6 Å². The van der Waals surface area contributed by atoms with Crippen LogP contribution in [0, 0.1) is 0 Å². The summed E-state index contributed by atoms with van der Waals surface area (Å²) >= 11 is 0. The Morgan fingerprint density at radius 1 is 1.53 bits per heavy atom. The highest BCUT2D eigenvalue weighted by molar-refractivity contribution is 5.77. The Balaban J connectivity index is 2.32. The molecule has 0 unspecified atom stereocenters. The first-order valence-electron chi connectivity index (χ1n) is 5.66. The molecule has 0 aromatic rings. The van der Waals surface area contributed by atoms with Gasteiger partial charge < -0.3 is 15.0 Å². The molecule has 0 aromatic heterocycles. The Morgan fingerprint density at radius 2 is 2.27 bits per heavy atom. The Hall–Kier alpha value is -0.610. The van der Waals surface area contributed by atoms with Gasteiger partial charge in [-0.05, 0) is 20.3 Å². The van der Waals surface area contributed by atoms with Gasteiger partial charge in [0.1, 0.15) is 6.61 Å². The molecule has 1 fully saturated rings. The third-order valence-corrected chi connectivity index (χ3v) is 2.50. The maximum atomic E-state index is 11.7. The Bertz CT molecular complexity index is 217. The van der Waals surface area contributed by atoms with Crippen molar-refractivity contribution in [2.24, 2.45) is 0 Å². The molecular weight excluding hydrogens is 192 g/mol. The summed E-state index contributed by atoms with van der Waals surface area (Å²) in [7, 11) is 0. The van der Waals surface area contributed by atoms with Crippen LogP contribution in [0.2, 0.25) is 0 Å². The minimum absolute atomic E-state index is 0.0265. The average Bonchev–Trinajstić information content (AvgIpc) is 2.16. The first-order valence-corrected chi connectivity index (χ1v) is 5.66. The molecule has 0 atom stereocenters. The molecule has 4 heteroatoms. The smallest absolute Gasteiger partial charge is 0.248 e. The Morgan fingerprint density at radius 3 is 2.87 bits per heavy atom. The van der Waals surface area contributed by atoms with Gasteiger partial charge in [-0.1, -0.05) is 6.92 Å². The van der Waals surface area contributed by atoms with Crippen molar-refractivity contribution in [3.8, 4) is 0 Å². The fourth-order valence-corrected chi connectivity index (χ4v) is 1.75. The number of carbonyl (C=O) groups is 1. The summed E-state index contributed by atoms with van der Waals surface area (Å²) in [5.74, 6) is 0.109. The van der Waals surface area contributed by atoms with Crippen molar-refractivity contribution in [1.29, 1.82) is 0 Å². The van der Waals surface area contributed by atoms with Crippen molar-refractivity contribution in [1.82, 2.24) is 10.2 Å². The maximum absolute atomic E-state index is 11.7. The number of amides is 1. The molecule has 1 heterocycles. The third kappa shape index (κ3) is 4.18. The lowest BCUT2D eigenvalue weighted by Crippen LogP contribution is -2.58. The van der Waals surface area contributed by atoms with Gasteiger partial charge in [0.2, 0.25) is 5.91 Å². The van der Waals surface area contributed by atoms with Gasteiger partial charge in [0.15, 0.2) is 0 Å². The maximum Gasteiger partial charge on any atom is 0.248 e. The van der Waals surface area contributed by atoms with E-state index in [9.17, 15) is 4.79 Å². The van der Waals surface area contributed by atoms with E-state index in [1.807, 2.05) is 11.8 Å². The number of hydrogen-bond acceptors (Lipinski definition) is 3. The van der Waals surface area contributed by atoms with E-state index < -0.39 is 0 Å². The quantitative estimate of drug-likeness (QED) is 0.698. The van der Waals surface area contributed by atoms with E-state index in [1.54, 1.807) is 0 Å². The zero-order chi connectivity index (χ0) is 11.3. The second kappa shape index (κ2) is 5.47. The van der Waals surface area contributed by atoms with Gasteiger partial charge in [-0.3, -0.25) is 4.79 Å². The van der Waals surface area contributed by atoms with E-state index in [-0.39, 0.29) is 18.1 Å². The summed E-state index contributed by atoms with van der Waals surface area (Å²) in [6.45, 7) is 9.58. The number of hydrogen-bond donors (Lipinski definition) is 1. The molecule has 1 saturated heterocycles. The van der Waals surface area contributed by atoms with Gasteiger partial charge in [-0.2, -0.15) is 0 Å². The van der Waals surface area contributed by atoms with E-state index in [2.05, 4.69) is 19.2 Å². The van der Waals surface area contributed by atoms with Crippen LogP contribution in [0.5, 0.6) is 0 Å². The van der Waals surface area contributed by atoms with Gasteiger partial charge in [-0.25, -0.2) is 0 Å². The van der Waals surface area contributed by atoms with Gasteiger partial charge in [0.25, 0.3) is 0 Å². The Labute approximate surface area is 92.0 Å². The van der Waals surface area contributed by atoms with Gasteiger partial charge in [0.05, 0.1) is 0 Å². The fourth-order valence-electron chi connectivity index (χ4n) is 1.75. The van der Waals surface area contributed by atoms with Crippen molar-refractivity contribution >= 4 is 5.91 Å². The van der Waals surface area contributed by atoms with Crippen molar-refractivity contribution < 1.29 is 9.53 Å². The predicted octanol–water partition coefficient (Wildman–Crippen LogP) is 0.623. The predicted molar refractivity (Wildman–Crippen MR) is 59.8 cm³/mol. The highest BCUT2D eigenvalue weighted by Gasteiger charge is 2.28. The molecule has 1 amide bonds. The first-order chi connectivity index (χ1) is 7.05. The monoisotopic (exact) mass is 214 g/mol. The molecule has 1 aliphatic rings. The average molecular weight is 214 g/mol. The molecule has 1 aliphatic heterocycles. The third-order valence-electron chi connectivity index (χ3n) is 2.50. The number of carbonyl (C=O) groups excluding carboxylic acids is 1. The van der Waals surface area contributed by atoms with E-state index in [1.165, 1.54) is 0 Å². The molecule has 0 bridgehead atoms. The second-order valence-electron chi connectivity index (χ2n) is 4.68. The van der Waals surface area contributed by atoms with Gasteiger partial charge in [-0.15, -0.1) is 0 Å².